The number of imide groups is 1. The number of hydrogen-bond donors (Lipinski definition) is 1. The van der Waals surface area contributed by atoms with Gasteiger partial charge in [0.05, 0.1) is 27.2 Å². The number of esters is 1. The first-order valence-corrected chi connectivity index (χ1v) is 10.1. The van der Waals surface area contributed by atoms with Gasteiger partial charge in [-0.05, 0) is 43.5 Å². The summed E-state index contributed by atoms with van der Waals surface area (Å²) in [6.45, 7) is 2.52. The molecule has 0 spiro atoms. The predicted molar refractivity (Wildman–Crippen MR) is 110 cm³/mol. The minimum absolute atomic E-state index is 0.0349. The molecule has 30 heavy (non-hydrogen) atoms. The third-order valence-corrected chi connectivity index (χ3v) is 4.82. The van der Waals surface area contributed by atoms with E-state index in [1.54, 1.807) is 25.1 Å². The maximum absolute atomic E-state index is 12.6. The van der Waals surface area contributed by atoms with Crippen LogP contribution in [-0.2, 0) is 19.1 Å². The molecule has 1 aliphatic heterocycles. The summed E-state index contributed by atoms with van der Waals surface area (Å²) in [7, 11) is 2.84. The highest BCUT2D eigenvalue weighted by atomic mass is 16.5. The fourth-order valence-corrected chi connectivity index (χ4v) is 3.28. The van der Waals surface area contributed by atoms with Crippen LogP contribution in [-0.4, -0.2) is 55.2 Å². The average molecular weight is 419 g/mol. The van der Waals surface area contributed by atoms with E-state index in [0.717, 1.165) is 19.3 Å². The number of nitrogens with zero attached hydrogens (tertiary/aromatic N) is 1. The number of unbranched alkanes of at least 4 members (excludes halogenated alkanes) is 3. The van der Waals surface area contributed by atoms with Gasteiger partial charge in [-0.25, -0.2) is 0 Å². The fourth-order valence-electron chi connectivity index (χ4n) is 3.28. The highest BCUT2D eigenvalue weighted by molar-refractivity contribution is 6.15. The largest absolute Gasteiger partial charge is 0.502 e. The number of amides is 2. The molecule has 0 unspecified atom stereocenters. The summed E-state index contributed by atoms with van der Waals surface area (Å²) >= 11 is 0. The lowest BCUT2D eigenvalue weighted by molar-refractivity contribution is -0.143. The van der Waals surface area contributed by atoms with Gasteiger partial charge in [-0.1, -0.05) is 12.8 Å². The van der Waals surface area contributed by atoms with E-state index in [1.165, 1.54) is 19.1 Å². The van der Waals surface area contributed by atoms with Crippen LogP contribution in [0.3, 0.4) is 0 Å². The van der Waals surface area contributed by atoms with E-state index >= 15 is 0 Å². The van der Waals surface area contributed by atoms with Crippen LogP contribution in [0.15, 0.2) is 17.7 Å². The van der Waals surface area contributed by atoms with Gasteiger partial charge in [-0.3, -0.25) is 19.3 Å². The van der Waals surface area contributed by atoms with Crippen LogP contribution in [0.2, 0.25) is 0 Å². The van der Waals surface area contributed by atoms with Gasteiger partial charge in [-0.15, -0.1) is 0 Å². The number of methoxy groups -OCH3 is 2. The van der Waals surface area contributed by atoms with Crippen molar-refractivity contribution in [1.29, 1.82) is 0 Å². The van der Waals surface area contributed by atoms with Crippen molar-refractivity contribution in [1.82, 2.24) is 4.90 Å². The van der Waals surface area contributed by atoms with Gasteiger partial charge in [0.1, 0.15) is 0 Å². The van der Waals surface area contributed by atoms with Crippen LogP contribution in [0, 0.1) is 0 Å². The summed E-state index contributed by atoms with van der Waals surface area (Å²) in [6, 6.07) is 3.16. The minimum Gasteiger partial charge on any atom is -0.502 e. The van der Waals surface area contributed by atoms with Crippen LogP contribution in [0.4, 0.5) is 0 Å². The summed E-state index contributed by atoms with van der Waals surface area (Å²) in [5, 5.41) is 10.0. The van der Waals surface area contributed by atoms with Crippen molar-refractivity contribution in [3.63, 3.8) is 0 Å². The first-order valence-electron chi connectivity index (χ1n) is 10.1. The molecule has 1 N–H and O–H groups in total. The zero-order valence-electron chi connectivity index (χ0n) is 17.7. The molecule has 164 valence electrons. The van der Waals surface area contributed by atoms with Crippen LogP contribution in [0.5, 0.6) is 17.2 Å². The Morgan fingerprint density at radius 2 is 1.73 bits per heavy atom. The molecule has 0 aliphatic carbocycles. The number of ether oxygens (including phenoxy) is 3. The molecule has 1 fully saturated rings. The Balaban J connectivity index is 1.92. The van der Waals surface area contributed by atoms with Crippen molar-refractivity contribution < 1.29 is 33.7 Å². The molecular weight excluding hydrogens is 390 g/mol. The van der Waals surface area contributed by atoms with E-state index in [0.29, 0.717) is 37.1 Å². The highest BCUT2D eigenvalue weighted by Gasteiger charge is 2.33. The predicted octanol–water partition coefficient (Wildman–Crippen LogP) is 3.07. The second-order valence-electron chi connectivity index (χ2n) is 6.94. The maximum atomic E-state index is 12.6. The number of benzene rings is 1. The lowest BCUT2D eigenvalue weighted by atomic mass is 10.1. The van der Waals surface area contributed by atoms with E-state index in [9.17, 15) is 19.5 Å². The van der Waals surface area contributed by atoms with E-state index < -0.39 is 0 Å². The minimum atomic E-state index is -0.308. The third-order valence-electron chi connectivity index (χ3n) is 4.82. The first kappa shape index (κ1) is 23.3. The van der Waals surface area contributed by atoms with Gasteiger partial charge in [0.15, 0.2) is 11.5 Å². The van der Waals surface area contributed by atoms with E-state index in [1.807, 2.05) is 0 Å². The number of phenols is 1. The third kappa shape index (κ3) is 5.98. The summed E-state index contributed by atoms with van der Waals surface area (Å²) in [5.41, 5.74) is 0.982. The highest BCUT2D eigenvalue weighted by Crippen LogP contribution is 2.38. The molecule has 0 atom stereocenters. The molecule has 2 amide bonds. The van der Waals surface area contributed by atoms with Crippen LogP contribution in [0.25, 0.3) is 6.08 Å². The summed E-state index contributed by atoms with van der Waals surface area (Å²) in [4.78, 5) is 37.5. The number of carbonyl (C=O) groups excluding carboxylic acids is 3. The Bertz CT molecular complexity index is 791. The number of carbonyl (C=O) groups is 3. The zero-order chi connectivity index (χ0) is 22.1. The summed E-state index contributed by atoms with van der Waals surface area (Å²) < 4.78 is 15.1. The number of aromatic hydroxyl groups is 1. The Labute approximate surface area is 176 Å². The molecule has 1 aromatic rings. The maximum Gasteiger partial charge on any atom is 0.305 e. The molecule has 1 aliphatic rings. The smallest absolute Gasteiger partial charge is 0.305 e. The fraction of sp³-hybridized carbons (Fsp3) is 0.500. The van der Waals surface area contributed by atoms with E-state index in [4.69, 9.17) is 14.2 Å². The standard InChI is InChI=1S/C22H29NO7/c1-4-30-20(25)9-7-5-6-8-10-23-19(24)14-16(22(23)27)11-15-12-17(28-2)21(26)18(13-15)29-3/h11-13,26H,4-10,14H2,1-3H3/b16-11+. The van der Waals surface area contributed by atoms with Crippen molar-refractivity contribution in [3.8, 4) is 17.2 Å². The molecular formula is C22H29NO7. The second kappa shape index (κ2) is 11.2. The molecule has 0 saturated carbocycles. The molecule has 0 radical (unpaired) electrons. The van der Waals surface area contributed by atoms with Crippen molar-refractivity contribution in [3.05, 3.63) is 23.3 Å². The second-order valence-corrected chi connectivity index (χ2v) is 6.94. The molecule has 0 aromatic heterocycles. The number of phenolic OH excluding ortho intramolecular Hbond substituents is 1. The summed E-state index contributed by atoms with van der Waals surface area (Å²) in [6.07, 6.45) is 5.12. The quantitative estimate of drug-likeness (QED) is 0.254. The molecule has 1 saturated heterocycles. The van der Waals surface area contributed by atoms with Gasteiger partial charge < -0.3 is 19.3 Å². The van der Waals surface area contributed by atoms with E-state index in [2.05, 4.69) is 0 Å². The van der Waals surface area contributed by atoms with Crippen molar-refractivity contribution in [2.75, 3.05) is 27.4 Å². The van der Waals surface area contributed by atoms with Crippen molar-refractivity contribution >= 4 is 23.9 Å². The number of likely N-dealkylation sites (tertiary alicyclic amines) is 1. The first-order chi connectivity index (χ1) is 14.4. The van der Waals surface area contributed by atoms with E-state index in [-0.39, 0.29) is 41.5 Å². The lowest BCUT2D eigenvalue weighted by Crippen LogP contribution is -2.30. The Morgan fingerprint density at radius 3 is 2.33 bits per heavy atom. The molecule has 2 rings (SSSR count). The lowest BCUT2D eigenvalue weighted by Gasteiger charge is -2.13. The SMILES string of the molecule is CCOC(=O)CCCCCCN1C(=O)C/C(=C\c2cc(OC)c(O)c(OC)c2)C1=O. The van der Waals surface area contributed by atoms with Gasteiger partial charge >= 0.3 is 5.97 Å². The molecule has 8 heteroatoms. The average Bonchev–Trinajstić information content (AvgIpc) is 2.98. The molecule has 1 aromatic carbocycles. The Morgan fingerprint density at radius 1 is 1.10 bits per heavy atom. The summed E-state index contributed by atoms with van der Waals surface area (Å²) in [5.74, 6) is -0.413. The zero-order valence-corrected chi connectivity index (χ0v) is 17.7. The Hall–Kier alpha value is -3.03. The molecule has 8 nitrogen and oxygen atoms in total. The van der Waals surface area contributed by atoms with Crippen molar-refractivity contribution in [2.45, 2.75) is 45.4 Å². The number of hydrogen-bond acceptors (Lipinski definition) is 7. The monoisotopic (exact) mass is 419 g/mol. The molecule has 0 bridgehead atoms. The van der Waals surface area contributed by atoms with Gasteiger partial charge in [0, 0.05) is 18.5 Å². The van der Waals surface area contributed by atoms with Crippen molar-refractivity contribution in [2.24, 2.45) is 0 Å². The number of rotatable bonds is 11. The van der Waals surface area contributed by atoms with Gasteiger partial charge in [0.2, 0.25) is 11.7 Å². The van der Waals surface area contributed by atoms with Crippen LogP contribution in [0.1, 0.15) is 51.0 Å². The molecule has 1 heterocycles. The van der Waals surface area contributed by atoms with Crippen LogP contribution >= 0.6 is 0 Å². The normalized spacial score (nSPS) is 15.0. The van der Waals surface area contributed by atoms with Crippen LogP contribution < -0.4 is 9.47 Å². The van der Waals surface area contributed by atoms with Gasteiger partial charge in [0.25, 0.3) is 5.91 Å². The topological polar surface area (TPSA) is 102 Å². The Kier molecular flexibility index (Phi) is 8.70. The van der Waals surface area contributed by atoms with Gasteiger partial charge in [-0.2, -0.15) is 0 Å².